The van der Waals surface area contributed by atoms with Gasteiger partial charge in [0.05, 0.1) is 25.8 Å². The second-order valence-corrected chi connectivity index (χ2v) is 8.12. The number of hydrogen-bond donors (Lipinski definition) is 0. The van der Waals surface area contributed by atoms with E-state index in [-0.39, 0.29) is 18.9 Å². The van der Waals surface area contributed by atoms with Gasteiger partial charge in [0.25, 0.3) is 11.8 Å². The third-order valence-electron chi connectivity index (χ3n) is 5.77. The highest BCUT2D eigenvalue weighted by molar-refractivity contribution is 6.23. The van der Waals surface area contributed by atoms with Gasteiger partial charge in [-0.05, 0) is 41.8 Å². The van der Waals surface area contributed by atoms with Gasteiger partial charge in [-0.2, -0.15) is 0 Å². The van der Waals surface area contributed by atoms with Gasteiger partial charge in [0.2, 0.25) is 5.91 Å². The molecule has 0 aromatic heterocycles. The van der Waals surface area contributed by atoms with Crippen LogP contribution in [0, 0.1) is 0 Å². The first-order valence-electron chi connectivity index (χ1n) is 10.8. The number of amides is 3. The molecule has 2 aromatic rings. The van der Waals surface area contributed by atoms with Crippen LogP contribution < -0.4 is 9.64 Å². The summed E-state index contributed by atoms with van der Waals surface area (Å²) in [6.07, 6.45) is -0.887. The largest absolute Gasteiger partial charge is 0.497 e. The second kappa shape index (κ2) is 10.6. The van der Waals surface area contributed by atoms with Crippen LogP contribution in [0.3, 0.4) is 0 Å². The molecule has 0 aliphatic carbocycles. The Balaban J connectivity index is 1.93. The molecule has 0 spiro atoms. The summed E-state index contributed by atoms with van der Waals surface area (Å²) in [5.41, 5.74) is 1.92. The number of hydrogen-bond acceptors (Lipinski definition) is 6. The molecule has 8 nitrogen and oxygen atoms in total. The summed E-state index contributed by atoms with van der Waals surface area (Å²) in [5, 5.41) is 0. The predicted molar refractivity (Wildman–Crippen MR) is 123 cm³/mol. The quantitative estimate of drug-likeness (QED) is 0.427. The Kier molecular flexibility index (Phi) is 7.84. The molecule has 3 rings (SSSR count). The van der Waals surface area contributed by atoms with Crippen LogP contribution in [0.15, 0.2) is 48.5 Å². The van der Waals surface area contributed by atoms with Gasteiger partial charge in [0, 0.05) is 19.8 Å². The zero-order valence-electron chi connectivity index (χ0n) is 19.6. The van der Waals surface area contributed by atoms with Crippen LogP contribution in [-0.4, -0.2) is 62.8 Å². The molecule has 1 saturated heterocycles. The molecular formula is C25H30N2O6. The van der Waals surface area contributed by atoms with Crippen LogP contribution in [0.5, 0.6) is 5.75 Å². The van der Waals surface area contributed by atoms with Gasteiger partial charge in [0.15, 0.2) is 6.29 Å². The van der Waals surface area contributed by atoms with Gasteiger partial charge < -0.3 is 19.1 Å². The average molecular weight is 455 g/mol. The first-order valence-corrected chi connectivity index (χ1v) is 10.8. The van der Waals surface area contributed by atoms with Crippen LogP contribution in [0.2, 0.25) is 0 Å². The lowest BCUT2D eigenvalue weighted by atomic mass is 10.0. The van der Waals surface area contributed by atoms with E-state index in [1.54, 1.807) is 36.4 Å². The minimum atomic E-state index is -0.978. The number of carbonyl (C=O) groups is 3. The Labute approximate surface area is 194 Å². The molecule has 176 valence electrons. The maximum Gasteiger partial charge on any atom is 0.257 e. The molecule has 1 atom stereocenters. The molecule has 8 heteroatoms. The first-order chi connectivity index (χ1) is 15.8. The Morgan fingerprint density at radius 1 is 1.06 bits per heavy atom. The molecule has 1 heterocycles. The number of ether oxygens (including phenoxy) is 3. The van der Waals surface area contributed by atoms with Crippen molar-refractivity contribution in [2.24, 2.45) is 0 Å². The van der Waals surface area contributed by atoms with Gasteiger partial charge in [-0.1, -0.05) is 32.0 Å². The lowest BCUT2D eigenvalue weighted by Gasteiger charge is -2.30. The van der Waals surface area contributed by atoms with Gasteiger partial charge in [-0.3, -0.25) is 14.4 Å². The molecule has 0 radical (unpaired) electrons. The highest BCUT2D eigenvalue weighted by Crippen LogP contribution is 2.29. The fourth-order valence-corrected chi connectivity index (χ4v) is 3.82. The molecular weight excluding hydrogens is 424 g/mol. The molecule has 0 saturated carbocycles. The average Bonchev–Trinajstić information content (AvgIpc) is 3.13. The monoisotopic (exact) mass is 454 g/mol. The van der Waals surface area contributed by atoms with E-state index in [0.717, 1.165) is 10.5 Å². The molecule has 0 N–H and O–H groups in total. The third-order valence-corrected chi connectivity index (χ3v) is 5.77. The SMILES string of the molecule is COc1cccc(C(=O)N(CC(OC)OC)C2CC(=O)N(c3ccc(C(C)C)cc3)C2=O)c1. The molecule has 2 aromatic carbocycles. The van der Waals surface area contributed by atoms with E-state index in [1.807, 2.05) is 12.1 Å². The van der Waals surface area contributed by atoms with Crippen LogP contribution in [-0.2, 0) is 19.1 Å². The summed E-state index contributed by atoms with van der Waals surface area (Å²) in [6.45, 7) is 4.12. The number of methoxy groups -OCH3 is 3. The molecule has 3 amide bonds. The molecule has 1 unspecified atom stereocenters. The topological polar surface area (TPSA) is 85.4 Å². The Hall–Kier alpha value is -3.23. The van der Waals surface area contributed by atoms with Crippen LogP contribution in [0.4, 0.5) is 5.69 Å². The molecule has 0 bridgehead atoms. The Morgan fingerprint density at radius 2 is 1.73 bits per heavy atom. The van der Waals surface area contributed by atoms with Gasteiger partial charge >= 0.3 is 0 Å². The molecule has 33 heavy (non-hydrogen) atoms. The van der Waals surface area contributed by atoms with Crippen molar-refractivity contribution in [1.29, 1.82) is 0 Å². The molecule has 1 aliphatic rings. The van der Waals surface area contributed by atoms with Gasteiger partial charge in [-0.25, -0.2) is 4.90 Å². The van der Waals surface area contributed by atoms with Crippen LogP contribution >= 0.6 is 0 Å². The van der Waals surface area contributed by atoms with E-state index >= 15 is 0 Å². The Morgan fingerprint density at radius 3 is 2.30 bits per heavy atom. The minimum Gasteiger partial charge on any atom is -0.497 e. The zero-order valence-corrected chi connectivity index (χ0v) is 19.6. The van der Waals surface area contributed by atoms with Crippen molar-refractivity contribution in [1.82, 2.24) is 4.90 Å². The number of rotatable bonds is 9. The zero-order chi connectivity index (χ0) is 24.1. The Bertz CT molecular complexity index is 1000. The molecule has 1 aliphatic heterocycles. The summed E-state index contributed by atoms with van der Waals surface area (Å²) in [4.78, 5) is 42.2. The third kappa shape index (κ3) is 5.23. The van der Waals surface area contributed by atoms with Crippen molar-refractivity contribution in [3.05, 3.63) is 59.7 Å². The van der Waals surface area contributed by atoms with E-state index in [2.05, 4.69) is 13.8 Å². The van der Waals surface area contributed by atoms with E-state index < -0.39 is 24.1 Å². The summed E-state index contributed by atoms with van der Waals surface area (Å²) in [6, 6.07) is 13.0. The fraction of sp³-hybridized carbons (Fsp3) is 0.400. The number of imide groups is 1. The summed E-state index contributed by atoms with van der Waals surface area (Å²) >= 11 is 0. The van der Waals surface area contributed by atoms with Crippen LogP contribution in [0.25, 0.3) is 0 Å². The minimum absolute atomic E-state index is 0.0210. The maximum atomic E-state index is 13.5. The summed E-state index contributed by atoms with van der Waals surface area (Å²) in [5.74, 6) is -0.405. The number of benzene rings is 2. The van der Waals surface area contributed by atoms with Gasteiger partial charge in [-0.15, -0.1) is 0 Å². The summed E-state index contributed by atoms with van der Waals surface area (Å²) < 4.78 is 15.8. The standard InChI is InChI=1S/C25H30N2O6/c1-16(2)17-9-11-19(12-10-17)27-22(28)14-21(25(27)30)26(15-23(32-4)33-5)24(29)18-7-6-8-20(13-18)31-3/h6-13,16,21,23H,14-15H2,1-5H3. The fourth-order valence-electron chi connectivity index (χ4n) is 3.82. The van der Waals surface area contributed by atoms with E-state index in [1.165, 1.54) is 26.2 Å². The van der Waals surface area contributed by atoms with Crippen molar-refractivity contribution in [2.75, 3.05) is 32.8 Å². The highest BCUT2D eigenvalue weighted by Gasteiger charge is 2.45. The first kappa shape index (κ1) is 24.4. The van der Waals surface area contributed by atoms with Crippen LogP contribution in [0.1, 0.15) is 42.1 Å². The van der Waals surface area contributed by atoms with Crippen molar-refractivity contribution in [2.45, 2.75) is 38.5 Å². The number of anilines is 1. The smallest absolute Gasteiger partial charge is 0.257 e. The normalized spacial score (nSPS) is 16.1. The predicted octanol–water partition coefficient (Wildman–Crippen LogP) is 3.21. The van der Waals surface area contributed by atoms with E-state index in [9.17, 15) is 14.4 Å². The maximum absolute atomic E-state index is 13.5. The van der Waals surface area contributed by atoms with Crippen molar-refractivity contribution >= 4 is 23.4 Å². The number of nitrogens with zero attached hydrogens (tertiary/aromatic N) is 2. The second-order valence-electron chi connectivity index (χ2n) is 8.12. The highest BCUT2D eigenvalue weighted by atomic mass is 16.7. The molecule has 1 fully saturated rings. The van der Waals surface area contributed by atoms with E-state index in [4.69, 9.17) is 14.2 Å². The summed E-state index contributed by atoms with van der Waals surface area (Å²) in [7, 11) is 4.41. The number of carbonyl (C=O) groups excluding carboxylic acids is 3. The van der Waals surface area contributed by atoms with E-state index in [0.29, 0.717) is 22.9 Å². The van der Waals surface area contributed by atoms with Gasteiger partial charge in [0.1, 0.15) is 11.8 Å². The lowest BCUT2D eigenvalue weighted by Crippen LogP contribution is -2.49. The lowest BCUT2D eigenvalue weighted by molar-refractivity contribution is -0.128. The van der Waals surface area contributed by atoms with Crippen molar-refractivity contribution in [3.8, 4) is 5.75 Å². The van der Waals surface area contributed by atoms with Crippen molar-refractivity contribution in [3.63, 3.8) is 0 Å². The van der Waals surface area contributed by atoms with Crippen molar-refractivity contribution < 1.29 is 28.6 Å².